The van der Waals surface area contributed by atoms with Gasteiger partial charge in [0.15, 0.2) is 0 Å². The van der Waals surface area contributed by atoms with Gasteiger partial charge in [0.2, 0.25) is 0 Å². The highest BCUT2D eigenvalue weighted by atomic mass is 35.5. The maximum atomic E-state index is 6.32. The maximum absolute atomic E-state index is 6.32. The van der Waals surface area contributed by atoms with Gasteiger partial charge in [-0.05, 0) is 43.5 Å². The van der Waals surface area contributed by atoms with Gasteiger partial charge in [-0.1, -0.05) is 48.9 Å². The Morgan fingerprint density at radius 3 is 2.48 bits per heavy atom. The summed E-state index contributed by atoms with van der Waals surface area (Å²) in [5.74, 6) is 0.865. The van der Waals surface area contributed by atoms with E-state index < -0.39 is 0 Å². The van der Waals surface area contributed by atoms with Crippen molar-refractivity contribution >= 4 is 11.6 Å². The molecular formula is C18H22ClNO. The van der Waals surface area contributed by atoms with E-state index in [2.05, 4.69) is 26.8 Å². The van der Waals surface area contributed by atoms with Gasteiger partial charge < -0.3 is 10.5 Å². The van der Waals surface area contributed by atoms with Crippen LogP contribution >= 0.6 is 11.6 Å². The fraction of sp³-hybridized carbons (Fsp3) is 0.333. The highest BCUT2D eigenvalue weighted by Crippen LogP contribution is 2.32. The highest BCUT2D eigenvalue weighted by Gasteiger charge is 2.23. The molecule has 0 bridgehead atoms. The van der Waals surface area contributed by atoms with Crippen LogP contribution in [0.15, 0.2) is 42.5 Å². The highest BCUT2D eigenvalue weighted by molar-refractivity contribution is 6.31. The van der Waals surface area contributed by atoms with Crippen LogP contribution in [0.25, 0.3) is 0 Å². The van der Waals surface area contributed by atoms with Gasteiger partial charge in [-0.3, -0.25) is 0 Å². The summed E-state index contributed by atoms with van der Waals surface area (Å²) in [6.45, 7) is 6.19. The van der Waals surface area contributed by atoms with E-state index in [-0.39, 0.29) is 12.1 Å². The molecule has 2 nitrogen and oxygen atoms in total. The second kappa shape index (κ2) is 6.97. The quantitative estimate of drug-likeness (QED) is 0.860. The molecule has 2 rings (SSSR count). The molecule has 0 heterocycles. The van der Waals surface area contributed by atoms with Gasteiger partial charge >= 0.3 is 0 Å². The number of ether oxygens (including phenoxy) is 1. The Labute approximate surface area is 131 Å². The van der Waals surface area contributed by atoms with Crippen molar-refractivity contribution in [3.05, 3.63) is 64.2 Å². The van der Waals surface area contributed by atoms with Crippen molar-refractivity contribution in [1.29, 1.82) is 0 Å². The van der Waals surface area contributed by atoms with Crippen LogP contribution in [0.3, 0.4) is 0 Å². The first-order valence-corrected chi connectivity index (χ1v) is 7.65. The molecule has 0 aliphatic carbocycles. The van der Waals surface area contributed by atoms with Crippen LogP contribution in [0.2, 0.25) is 5.02 Å². The fourth-order valence-electron chi connectivity index (χ4n) is 2.29. The van der Waals surface area contributed by atoms with E-state index in [1.54, 1.807) is 0 Å². The van der Waals surface area contributed by atoms with Crippen molar-refractivity contribution in [2.75, 3.05) is 0 Å². The molecule has 0 aliphatic heterocycles. The fourth-order valence-corrected chi connectivity index (χ4v) is 2.53. The SMILES string of the molecule is CCC(N)C(Oc1cccc(C)c1C)c1ccccc1Cl. The van der Waals surface area contributed by atoms with Crippen LogP contribution in [0.1, 0.15) is 36.1 Å². The monoisotopic (exact) mass is 303 g/mol. The third kappa shape index (κ3) is 3.58. The van der Waals surface area contributed by atoms with Gasteiger partial charge in [-0.2, -0.15) is 0 Å². The number of benzene rings is 2. The summed E-state index contributed by atoms with van der Waals surface area (Å²) < 4.78 is 6.24. The lowest BCUT2D eigenvalue weighted by Crippen LogP contribution is -2.31. The molecule has 0 saturated heterocycles. The average molecular weight is 304 g/mol. The van der Waals surface area contributed by atoms with Crippen molar-refractivity contribution in [2.24, 2.45) is 5.73 Å². The van der Waals surface area contributed by atoms with E-state index in [1.165, 1.54) is 5.56 Å². The van der Waals surface area contributed by atoms with E-state index >= 15 is 0 Å². The van der Waals surface area contributed by atoms with E-state index in [4.69, 9.17) is 22.1 Å². The Balaban J connectivity index is 2.38. The van der Waals surface area contributed by atoms with Crippen LogP contribution in [0.4, 0.5) is 0 Å². The average Bonchev–Trinajstić information content (AvgIpc) is 2.49. The van der Waals surface area contributed by atoms with Crippen LogP contribution in [0.5, 0.6) is 5.75 Å². The molecular weight excluding hydrogens is 282 g/mol. The first-order valence-electron chi connectivity index (χ1n) is 7.27. The predicted molar refractivity (Wildman–Crippen MR) is 89.0 cm³/mol. The normalized spacial score (nSPS) is 13.8. The number of halogens is 1. The van der Waals surface area contributed by atoms with E-state index in [0.717, 1.165) is 23.3 Å². The number of hydrogen-bond acceptors (Lipinski definition) is 2. The van der Waals surface area contributed by atoms with Crippen LogP contribution < -0.4 is 10.5 Å². The summed E-state index contributed by atoms with van der Waals surface area (Å²) >= 11 is 6.32. The van der Waals surface area contributed by atoms with E-state index in [0.29, 0.717) is 5.02 Å². The topological polar surface area (TPSA) is 35.2 Å². The Morgan fingerprint density at radius 1 is 1.10 bits per heavy atom. The lowest BCUT2D eigenvalue weighted by molar-refractivity contribution is 0.170. The Hall–Kier alpha value is -1.51. The molecule has 0 amide bonds. The van der Waals surface area contributed by atoms with Gasteiger partial charge in [-0.15, -0.1) is 0 Å². The van der Waals surface area contributed by atoms with Crippen molar-refractivity contribution in [3.8, 4) is 5.75 Å². The minimum Gasteiger partial charge on any atom is -0.484 e. The zero-order valence-corrected chi connectivity index (χ0v) is 13.5. The van der Waals surface area contributed by atoms with E-state index in [9.17, 15) is 0 Å². The summed E-state index contributed by atoms with van der Waals surface area (Å²) in [6.07, 6.45) is 0.574. The molecule has 3 heteroatoms. The molecule has 0 fully saturated rings. The standard InChI is InChI=1S/C18H22ClNO/c1-4-16(20)18(14-9-5-6-10-15(14)19)21-17-11-7-8-12(2)13(17)3/h5-11,16,18H,4,20H2,1-3H3. The van der Waals surface area contributed by atoms with Crippen molar-refractivity contribution in [2.45, 2.75) is 39.3 Å². The zero-order chi connectivity index (χ0) is 15.4. The number of rotatable bonds is 5. The van der Waals surface area contributed by atoms with Crippen LogP contribution in [-0.2, 0) is 0 Å². The second-order valence-electron chi connectivity index (χ2n) is 5.33. The minimum absolute atomic E-state index is 0.107. The lowest BCUT2D eigenvalue weighted by atomic mass is 10.0. The third-order valence-electron chi connectivity index (χ3n) is 3.88. The number of aryl methyl sites for hydroxylation is 1. The largest absolute Gasteiger partial charge is 0.484 e. The first-order chi connectivity index (χ1) is 10.0. The maximum Gasteiger partial charge on any atom is 0.140 e. The van der Waals surface area contributed by atoms with Crippen molar-refractivity contribution < 1.29 is 4.74 Å². The summed E-state index contributed by atoms with van der Waals surface area (Å²) in [4.78, 5) is 0. The van der Waals surface area contributed by atoms with Crippen molar-refractivity contribution in [1.82, 2.24) is 0 Å². The molecule has 112 valence electrons. The Bertz CT molecular complexity index is 612. The zero-order valence-electron chi connectivity index (χ0n) is 12.8. The molecule has 21 heavy (non-hydrogen) atoms. The van der Waals surface area contributed by atoms with Crippen molar-refractivity contribution in [3.63, 3.8) is 0 Å². The summed E-state index contributed by atoms with van der Waals surface area (Å²) in [5.41, 5.74) is 9.55. The van der Waals surface area contributed by atoms with Crippen LogP contribution in [0, 0.1) is 13.8 Å². The second-order valence-corrected chi connectivity index (χ2v) is 5.74. The molecule has 0 aromatic heterocycles. The summed E-state index contributed by atoms with van der Waals surface area (Å²) in [5, 5.41) is 0.691. The third-order valence-corrected chi connectivity index (χ3v) is 4.23. The van der Waals surface area contributed by atoms with Gasteiger partial charge in [0.1, 0.15) is 11.9 Å². The molecule has 2 N–H and O–H groups in total. The first kappa shape index (κ1) is 15.9. The van der Waals surface area contributed by atoms with E-state index in [1.807, 2.05) is 36.4 Å². The molecule has 2 unspecified atom stereocenters. The number of hydrogen-bond donors (Lipinski definition) is 1. The molecule has 2 aromatic carbocycles. The minimum atomic E-state index is -0.246. The molecule has 0 saturated carbocycles. The number of nitrogens with two attached hydrogens (primary N) is 1. The van der Waals surface area contributed by atoms with Gasteiger partial charge in [0, 0.05) is 16.6 Å². The van der Waals surface area contributed by atoms with Gasteiger partial charge in [0.25, 0.3) is 0 Å². The Kier molecular flexibility index (Phi) is 5.27. The molecule has 0 radical (unpaired) electrons. The lowest BCUT2D eigenvalue weighted by Gasteiger charge is -2.26. The molecule has 2 atom stereocenters. The summed E-state index contributed by atoms with van der Waals surface area (Å²) in [7, 11) is 0. The predicted octanol–water partition coefficient (Wildman–Crippen LogP) is 4.81. The molecule has 2 aromatic rings. The smallest absolute Gasteiger partial charge is 0.140 e. The molecule has 0 aliphatic rings. The summed E-state index contributed by atoms with van der Waals surface area (Å²) in [6, 6.07) is 13.7. The Morgan fingerprint density at radius 2 is 1.81 bits per heavy atom. The van der Waals surface area contributed by atoms with Gasteiger partial charge in [0.05, 0.1) is 0 Å². The van der Waals surface area contributed by atoms with Crippen LogP contribution in [-0.4, -0.2) is 6.04 Å². The molecule has 0 spiro atoms. The van der Waals surface area contributed by atoms with Gasteiger partial charge in [-0.25, -0.2) is 0 Å².